The van der Waals surface area contributed by atoms with E-state index in [4.69, 9.17) is 31.4 Å². The predicted octanol–water partition coefficient (Wildman–Crippen LogP) is -3.67. The quantitative estimate of drug-likeness (QED) is 0.106. The minimum atomic E-state index is -1.37. The number of amides is 1. The first-order valence-electron chi connectivity index (χ1n) is 14.8. The number of ether oxygens (including phenoxy) is 3. The van der Waals surface area contributed by atoms with Gasteiger partial charge in [-0.2, -0.15) is 0 Å². The highest BCUT2D eigenvalue weighted by atomic mass is 16.7. The summed E-state index contributed by atoms with van der Waals surface area (Å²) in [5.41, 5.74) is 17.2. The fraction of sp³-hybridized carbons (Fsp3) is 0.889. The Labute approximate surface area is 241 Å². The Kier molecular flexibility index (Phi) is 11.0. The summed E-state index contributed by atoms with van der Waals surface area (Å²) in [6.07, 6.45) is -1.71. The van der Waals surface area contributed by atoms with E-state index in [1.807, 2.05) is 6.08 Å². The van der Waals surface area contributed by atoms with Crippen LogP contribution in [0.1, 0.15) is 39.0 Å². The lowest BCUT2D eigenvalue weighted by Gasteiger charge is -2.50. The fourth-order valence-corrected chi connectivity index (χ4v) is 6.25. The second kappa shape index (κ2) is 13.9. The summed E-state index contributed by atoms with van der Waals surface area (Å²) in [7, 11) is 1.60. The molecule has 3 fully saturated rings. The van der Waals surface area contributed by atoms with E-state index in [1.165, 1.54) is 19.8 Å². The molecule has 0 aromatic carbocycles. The summed E-state index contributed by atoms with van der Waals surface area (Å²) in [6, 6.07) is -2.70. The number of carbonyl (C=O) groups is 1. The zero-order chi connectivity index (χ0) is 29.9. The Balaban J connectivity index is 1.52. The van der Waals surface area contributed by atoms with Gasteiger partial charge in [0.25, 0.3) is 0 Å². The molecule has 2 saturated carbocycles. The molecular formula is C27H50N6O8. The minimum absolute atomic E-state index is 0.0549. The van der Waals surface area contributed by atoms with Crippen LogP contribution in [-0.2, 0) is 19.0 Å². The van der Waals surface area contributed by atoms with E-state index < -0.39 is 78.4 Å². The average molecular weight is 587 g/mol. The van der Waals surface area contributed by atoms with Crippen molar-refractivity contribution in [3.8, 4) is 0 Å². The smallest absolute Gasteiger partial charge is 0.249 e. The van der Waals surface area contributed by atoms with Crippen LogP contribution in [-0.4, -0.2) is 126 Å². The van der Waals surface area contributed by atoms with E-state index in [-0.39, 0.29) is 26.0 Å². The minimum Gasteiger partial charge on any atom is -0.492 e. The van der Waals surface area contributed by atoms with Crippen molar-refractivity contribution in [2.75, 3.05) is 33.3 Å². The molecule has 14 nitrogen and oxygen atoms in total. The van der Waals surface area contributed by atoms with Crippen molar-refractivity contribution in [1.82, 2.24) is 16.0 Å². The second-order valence-corrected chi connectivity index (χ2v) is 12.3. The Bertz CT molecular complexity index is 907. The van der Waals surface area contributed by atoms with Gasteiger partial charge in [0.2, 0.25) is 5.91 Å². The molecule has 4 aliphatic rings. The highest BCUT2D eigenvalue weighted by Crippen LogP contribution is 2.36. The van der Waals surface area contributed by atoms with E-state index in [0.29, 0.717) is 18.9 Å². The Morgan fingerprint density at radius 3 is 2.63 bits per heavy atom. The number of aliphatic hydroxyl groups excluding tert-OH is 3. The molecule has 0 radical (unpaired) electrons. The summed E-state index contributed by atoms with van der Waals surface area (Å²) in [5, 5.41) is 52.7. The van der Waals surface area contributed by atoms with Crippen molar-refractivity contribution in [2.24, 2.45) is 29.0 Å². The van der Waals surface area contributed by atoms with E-state index in [0.717, 1.165) is 12.3 Å². The van der Waals surface area contributed by atoms with Gasteiger partial charge in [-0.15, -0.1) is 0 Å². The van der Waals surface area contributed by atoms with Crippen molar-refractivity contribution in [2.45, 2.75) is 106 Å². The molecule has 12 atom stereocenters. The summed E-state index contributed by atoms with van der Waals surface area (Å²) in [5.74, 6) is 0.0984. The number of nitrogens with two attached hydrogens (primary N) is 3. The molecule has 1 unspecified atom stereocenters. The van der Waals surface area contributed by atoms with E-state index in [1.54, 1.807) is 7.05 Å². The molecule has 13 N–H and O–H groups in total. The van der Waals surface area contributed by atoms with Crippen LogP contribution in [0.4, 0.5) is 0 Å². The zero-order valence-corrected chi connectivity index (χ0v) is 24.0. The van der Waals surface area contributed by atoms with Gasteiger partial charge in [-0.3, -0.25) is 4.79 Å². The number of likely N-dealkylation sites (N-methyl/N-ethyl adjacent to an activating group) is 1. The lowest BCUT2D eigenvalue weighted by molar-refractivity contribution is -0.297. The first kappa shape index (κ1) is 32.5. The molecular weight excluding hydrogens is 536 g/mol. The van der Waals surface area contributed by atoms with Gasteiger partial charge < -0.3 is 67.8 Å². The molecule has 1 saturated heterocycles. The third-order valence-electron chi connectivity index (χ3n) is 8.79. The van der Waals surface area contributed by atoms with Gasteiger partial charge in [-0.25, -0.2) is 0 Å². The normalized spacial score (nSPS) is 42.2. The van der Waals surface area contributed by atoms with Gasteiger partial charge in [0.1, 0.15) is 35.8 Å². The highest BCUT2D eigenvalue weighted by molar-refractivity contribution is 5.80. The van der Waals surface area contributed by atoms with Crippen LogP contribution >= 0.6 is 0 Å². The van der Waals surface area contributed by atoms with Gasteiger partial charge in [0.05, 0.1) is 31.3 Å². The monoisotopic (exact) mass is 586 g/mol. The van der Waals surface area contributed by atoms with Crippen molar-refractivity contribution in [3.63, 3.8) is 0 Å². The maximum absolute atomic E-state index is 12.8. The molecule has 0 aromatic rings. The van der Waals surface area contributed by atoms with Crippen LogP contribution in [0.5, 0.6) is 0 Å². The Morgan fingerprint density at radius 2 is 1.98 bits per heavy atom. The Morgan fingerprint density at radius 1 is 1.24 bits per heavy atom. The molecule has 1 amide bonds. The van der Waals surface area contributed by atoms with Crippen LogP contribution in [0.2, 0.25) is 0 Å². The number of hydrogen-bond donors (Lipinski definition) is 10. The first-order chi connectivity index (χ1) is 19.5. The molecule has 4 rings (SSSR count). The summed E-state index contributed by atoms with van der Waals surface area (Å²) in [4.78, 5) is 12.8. The fourth-order valence-electron chi connectivity index (χ4n) is 6.25. The SMILES string of the molecule is CN[C@@H]1[C@@H](O)[C@@H](O[C@H]2[C@H](NC(=O)[C@@H](O)CCN)C[C@H](N)C([C@H]3OC(CNCC4CC4)=CC[C@H]3N)[C@@H]2O)OC[C@]1(C)O. The van der Waals surface area contributed by atoms with E-state index in [9.17, 15) is 25.2 Å². The van der Waals surface area contributed by atoms with Crippen molar-refractivity contribution in [1.29, 1.82) is 0 Å². The molecule has 0 spiro atoms. The molecule has 14 heteroatoms. The Hall–Kier alpha value is -1.43. The summed E-state index contributed by atoms with van der Waals surface area (Å²) in [6.45, 7) is 2.96. The molecule has 0 aromatic heterocycles. The van der Waals surface area contributed by atoms with Crippen molar-refractivity contribution in [3.05, 3.63) is 11.8 Å². The van der Waals surface area contributed by atoms with E-state index >= 15 is 0 Å². The van der Waals surface area contributed by atoms with E-state index in [2.05, 4.69) is 16.0 Å². The van der Waals surface area contributed by atoms with Gasteiger partial charge in [-0.1, -0.05) is 0 Å². The number of aliphatic hydroxyl groups is 4. The lowest BCUT2D eigenvalue weighted by atomic mass is 9.72. The maximum atomic E-state index is 12.8. The number of rotatable bonds is 12. The number of carbonyl (C=O) groups excluding carboxylic acids is 1. The molecule has 41 heavy (non-hydrogen) atoms. The van der Waals surface area contributed by atoms with Crippen LogP contribution in [0.15, 0.2) is 11.8 Å². The van der Waals surface area contributed by atoms with Crippen LogP contribution in [0.25, 0.3) is 0 Å². The maximum Gasteiger partial charge on any atom is 0.249 e. The predicted molar refractivity (Wildman–Crippen MR) is 149 cm³/mol. The molecule has 2 aliphatic heterocycles. The van der Waals surface area contributed by atoms with Gasteiger partial charge in [0.15, 0.2) is 6.29 Å². The lowest BCUT2D eigenvalue weighted by Crippen LogP contribution is -2.69. The zero-order valence-electron chi connectivity index (χ0n) is 24.0. The average Bonchev–Trinajstić information content (AvgIpc) is 3.73. The number of hydrogen-bond acceptors (Lipinski definition) is 13. The van der Waals surface area contributed by atoms with Crippen LogP contribution in [0, 0.1) is 11.8 Å². The molecule has 2 heterocycles. The van der Waals surface area contributed by atoms with Gasteiger partial charge in [0, 0.05) is 18.0 Å². The standard InChI is InChI=1S/C27H50N6O8/c1-27(38)12-39-26(21(36)24(27)31-2)41-23-17(33-25(37)18(34)7-8-28)9-16(30)19(20(23)35)22-15(29)6-5-14(40-22)11-32-10-13-3-4-13/h5,13,15-24,26,31-32,34-36,38H,3-4,6-12,28-30H2,1-2H3,(H,33,37)/t15-,16+,17-,18+,19?,20+,21-,22+,23+,24-,26-,27+/m1/s1. The van der Waals surface area contributed by atoms with Crippen LogP contribution < -0.4 is 33.2 Å². The van der Waals surface area contributed by atoms with Gasteiger partial charge >= 0.3 is 0 Å². The van der Waals surface area contributed by atoms with Crippen LogP contribution in [0.3, 0.4) is 0 Å². The third-order valence-corrected chi connectivity index (χ3v) is 8.79. The molecule has 236 valence electrons. The third kappa shape index (κ3) is 7.75. The van der Waals surface area contributed by atoms with Crippen molar-refractivity contribution >= 4 is 5.91 Å². The van der Waals surface area contributed by atoms with Gasteiger partial charge in [-0.05, 0) is 71.2 Å². The largest absolute Gasteiger partial charge is 0.492 e. The summed E-state index contributed by atoms with van der Waals surface area (Å²) >= 11 is 0. The summed E-state index contributed by atoms with van der Waals surface area (Å²) < 4.78 is 18.2. The topological polar surface area (TPSA) is 240 Å². The number of nitrogens with one attached hydrogen (secondary N) is 3. The second-order valence-electron chi connectivity index (χ2n) is 12.3. The first-order valence-corrected chi connectivity index (χ1v) is 14.8. The molecule has 0 bridgehead atoms. The van der Waals surface area contributed by atoms with Crippen molar-refractivity contribution < 1.29 is 39.4 Å². The molecule has 2 aliphatic carbocycles. The highest BCUT2D eigenvalue weighted by Gasteiger charge is 2.53.